The number of benzene rings is 1. The number of likely N-dealkylation sites (tertiary alicyclic amines) is 1. The van der Waals surface area contributed by atoms with E-state index in [1.807, 2.05) is 6.92 Å². The molecule has 1 aliphatic rings. The second-order valence-corrected chi connectivity index (χ2v) is 6.64. The van der Waals surface area contributed by atoms with E-state index in [9.17, 15) is 18.0 Å². The van der Waals surface area contributed by atoms with Crippen LogP contribution in [0, 0.1) is 11.8 Å². The van der Waals surface area contributed by atoms with Crippen molar-refractivity contribution in [3.05, 3.63) is 24.3 Å². The minimum atomic E-state index is -4.72. The molecule has 0 saturated carbocycles. The van der Waals surface area contributed by atoms with Crippen molar-refractivity contribution in [3.63, 3.8) is 0 Å². The smallest absolute Gasteiger partial charge is 0.406 e. The summed E-state index contributed by atoms with van der Waals surface area (Å²) in [6.07, 6.45) is -3.56. The number of nitrogens with one attached hydrogen (secondary N) is 1. The van der Waals surface area contributed by atoms with Gasteiger partial charge in [-0.05, 0) is 49.4 Å². The van der Waals surface area contributed by atoms with E-state index in [-0.39, 0.29) is 17.7 Å². The number of rotatable bonds is 4. The number of anilines is 1. The van der Waals surface area contributed by atoms with Crippen molar-refractivity contribution in [2.24, 2.45) is 11.8 Å². The number of nitrogens with zero attached hydrogens (tertiary/aromatic N) is 1. The second-order valence-electron chi connectivity index (χ2n) is 6.64. The van der Waals surface area contributed by atoms with Crippen molar-refractivity contribution in [3.8, 4) is 5.75 Å². The van der Waals surface area contributed by atoms with Gasteiger partial charge in [0, 0.05) is 18.8 Å². The fraction of sp³-hybridized carbons (Fsp3) is 0.588. The minimum absolute atomic E-state index is 0.166. The number of alkyl halides is 3. The number of amides is 1. The van der Waals surface area contributed by atoms with Crippen LogP contribution >= 0.6 is 0 Å². The van der Waals surface area contributed by atoms with Gasteiger partial charge in [0.1, 0.15) is 5.75 Å². The van der Waals surface area contributed by atoms with Crippen LogP contribution in [0.5, 0.6) is 5.75 Å². The molecule has 0 unspecified atom stereocenters. The molecular weight excluding hydrogens is 321 g/mol. The number of halogens is 3. The van der Waals surface area contributed by atoms with Gasteiger partial charge in [0.2, 0.25) is 5.91 Å². The molecule has 1 N–H and O–H groups in total. The van der Waals surface area contributed by atoms with Crippen LogP contribution in [0.15, 0.2) is 24.3 Å². The average Bonchev–Trinajstić information content (AvgIpc) is 2.46. The molecule has 1 saturated heterocycles. The Kier molecular flexibility index (Phi) is 5.74. The number of hydrogen-bond acceptors (Lipinski definition) is 3. The number of hydrogen-bond donors (Lipinski definition) is 1. The summed E-state index contributed by atoms with van der Waals surface area (Å²) in [6.45, 7) is 7.94. The molecule has 7 heteroatoms. The molecule has 134 valence electrons. The SMILES string of the molecule is C[C@@H]1C[C@H](C)CN([C@@H](C)C(=O)Nc2ccc(OC(F)(F)F)cc2)C1. The maximum absolute atomic E-state index is 12.4. The van der Waals surface area contributed by atoms with Crippen molar-refractivity contribution in [1.82, 2.24) is 4.90 Å². The van der Waals surface area contributed by atoms with Crippen LogP contribution < -0.4 is 10.1 Å². The molecule has 0 radical (unpaired) electrons. The van der Waals surface area contributed by atoms with Gasteiger partial charge in [-0.2, -0.15) is 0 Å². The molecule has 0 aliphatic carbocycles. The third-order valence-corrected chi connectivity index (χ3v) is 4.18. The Morgan fingerprint density at radius 2 is 1.75 bits per heavy atom. The van der Waals surface area contributed by atoms with Crippen molar-refractivity contribution >= 4 is 11.6 Å². The van der Waals surface area contributed by atoms with Crippen molar-refractivity contribution in [1.29, 1.82) is 0 Å². The number of carbonyl (C=O) groups excluding carboxylic acids is 1. The van der Waals surface area contributed by atoms with Crippen LogP contribution in [-0.2, 0) is 4.79 Å². The number of piperidine rings is 1. The largest absolute Gasteiger partial charge is 0.573 e. The molecular formula is C17H23F3N2O2. The molecule has 4 nitrogen and oxygen atoms in total. The summed E-state index contributed by atoms with van der Waals surface area (Å²) < 4.78 is 40.2. The highest BCUT2D eigenvalue weighted by Crippen LogP contribution is 2.25. The lowest BCUT2D eigenvalue weighted by molar-refractivity contribution is -0.274. The second kappa shape index (κ2) is 7.42. The minimum Gasteiger partial charge on any atom is -0.406 e. The van der Waals surface area contributed by atoms with Gasteiger partial charge >= 0.3 is 6.36 Å². The van der Waals surface area contributed by atoms with E-state index >= 15 is 0 Å². The van der Waals surface area contributed by atoms with E-state index in [0.717, 1.165) is 19.5 Å². The Morgan fingerprint density at radius 3 is 2.25 bits per heavy atom. The lowest BCUT2D eigenvalue weighted by Crippen LogP contribution is -2.48. The fourth-order valence-corrected chi connectivity index (χ4v) is 3.18. The molecule has 24 heavy (non-hydrogen) atoms. The Bertz CT molecular complexity index is 550. The van der Waals surface area contributed by atoms with Gasteiger partial charge in [-0.15, -0.1) is 13.2 Å². The average molecular weight is 344 g/mol. The highest BCUT2D eigenvalue weighted by atomic mass is 19.4. The molecule has 0 aromatic heterocycles. The Balaban J connectivity index is 1.93. The molecule has 1 aromatic carbocycles. The van der Waals surface area contributed by atoms with Crippen molar-refractivity contribution in [2.45, 2.75) is 39.6 Å². The molecule has 1 heterocycles. The molecule has 3 atom stereocenters. The van der Waals surface area contributed by atoms with Crippen LogP contribution in [0.4, 0.5) is 18.9 Å². The highest BCUT2D eigenvalue weighted by Gasteiger charge is 2.31. The summed E-state index contributed by atoms with van der Waals surface area (Å²) in [7, 11) is 0. The molecule has 2 rings (SSSR count). The van der Waals surface area contributed by atoms with E-state index in [4.69, 9.17) is 0 Å². The van der Waals surface area contributed by atoms with E-state index in [2.05, 4.69) is 28.8 Å². The van der Waals surface area contributed by atoms with E-state index in [0.29, 0.717) is 17.5 Å². The summed E-state index contributed by atoms with van der Waals surface area (Å²) in [6, 6.07) is 4.86. The zero-order valence-electron chi connectivity index (χ0n) is 14.1. The van der Waals surface area contributed by atoms with Crippen molar-refractivity contribution < 1.29 is 22.7 Å². The van der Waals surface area contributed by atoms with Gasteiger partial charge in [-0.3, -0.25) is 9.69 Å². The Morgan fingerprint density at radius 1 is 1.21 bits per heavy atom. The van der Waals surface area contributed by atoms with E-state index in [1.165, 1.54) is 24.3 Å². The molecule has 0 spiro atoms. The summed E-state index contributed by atoms with van der Waals surface area (Å²) in [4.78, 5) is 14.5. The maximum Gasteiger partial charge on any atom is 0.573 e. The molecule has 1 aromatic rings. The number of ether oxygens (including phenoxy) is 1. The third-order valence-electron chi connectivity index (χ3n) is 4.18. The number of carbonyl (C=O) groups is 1. The van der Waals surface area contributed by atoms with Crippen molar-refractivity contribution in [2.75, 3.05) is 18.4 Å². The highest BCUT2D eigenvalue weighted by molar-refractivity contribution is 5.94. The van der Waals surface area contributed by atoms with Gasteiger partial charge < -0.3 is 10.1 Å². The van der Waals surface area contributed by atoms with Gasteiger partial charge in [0.25, 0.3) is 0 Å². The first kappa shape index (κ1) is 18.6. The predicted molar refractivity (Wildman–Crippen MR) is 85.7 cm³/mol. The lowest BCUT2D eigenvalue weighted by atomic mass is 9.91. The Labute approximate surface area is 140 Å². The zero-order chi connectivity index (χ0) is 17.9. The zero-order valence-corrected chi connectivity index (χ0v) is 14.1. The van der Waals surface area contributed by atoms with Gasteiger partial charge in [-0.25, -0.2) is 0 Å². The monoisotopic (exact) mass is 344 g/mol. The summed E-state index contributed by atoms with van der Waals surface area (Å²) in [5, 5.41) is 2.74. The lowest BCUT2D eigenvalue weighted by Gasteiger charge is -2.38. The summed E-state index contributed by atoms with van der Waals surface area (Å²) in [5.74, 6) is 0.610. The van der Waals surface area contributed by atoms with Gasteiger partial charge in [0.05, 0.1) is 6.04 Å². The normalized spacial score (nSPS) is 23.6. The van der Waals surface area contributed by atoms with Crippen LogP contribution in [0.1, 0.15) is 27.2 Å². The summed E-state index contributed by atoms with van der Waals surface area (Å²) in [5.41, 5.74) is 0.444. The first-order valence-electron chi connectivity index (χ1n) is 8.05. The molecule has 1 fully saturated rings. The van der Waals surface area contributed by atoms with E-state index < -0.39 is 6.36 Å². The van der Waals surface area contributed by atoms with Crippen LogP contribution in [0.25, 0.3) is 0 Å². The standard InChI is InChI=1S/C17H23F3N2O2/c1-11-8-12(2)10-22(9-11)13(3)16(23)21-14-4-6-15(7-5-14)24-17(18,19)20/h4-7,11-13H,8-10H2,1-3H3,(H,21,23)/t11-,12+,13-/m0/s1. The van der Waals surface area contributed by atoms with Gasteiger partial charge in [0.15, 0.2) is 0 Å². The fourth-order valence-electron chi connectivity index (χ4n) is 3.18. The topological polar surface area (TPSA) is 41.6 Å². The Hall–Kier alpha value is -1.76. The first-order chi connectivity index (χ1) is 11.1. The van der Waals surface area contributed by atoms with Gasteiger partial charge in [-0.1, -0.05) is 13.8 Å². The predicted octanol–water partition coefficient (Wildman–Crippen LogP) is 3.89. The molecule has 1 amide bonds. The quantitative estimate of drug-likeness (QED) is 0.901. The third kappa shape index (κ3) is 5.40. The van der Waals surface area contributed by atoms with Crippen LogP contribution in [0.2, 0.25) is 0 Å². The van der Waals surface area contributed by atoms with Crippen LogP contribution in [-0.4, -0.2) is 36.3 Å². The first-order valence-corrected chi connectivity index (χ1v) is 8.05. The molecule has 0 bridgehead atoms. The maximum atomic E-state index is 12.4. The summed E-state index contributed by atoms with van der Waals surface area (Å²) >= 11 is 0. The van der Waals surface area contributed by atoms with E-state index in [1.54, 1.807) is 0 Å². The molecule has 1 aliphatic heterocycles. The van der Waals surface area contributed by atoms with Crippen LogP contribution in [0.3, 0.4) is 0 Å².